The van der Waals surface area contributed by atoms with Gasteiger partial charge in [-0.3, -0.25) is 0 Å². The Hall–Kier alpha value is -0.920. The molecule has 0 aliphatic rings. The van der Waals surface area contributed by atoms with Crippen molar-refractivity contribution in [2.24, 2.45) is 0 Å². The number of nitrogens with one attached hydrogen (secondary N) is 1. The molecule has 1 rings (SSSR count). The number of nitrogens with zero attached hydrogens (tertiary/aromatic N) is 3. The predicted octanol–water partition coefficient (Wildman–Crippen LogP) is 0.272. The number of hydrogen-bond acceptors (Lipinski definition) is 6. The highest BCUT2D eigenvalue weighted by molar-refractivity contribution is 7.71. The minimum absolute atomic E-state index is 0.0595. The maximum atomic E-state index is 10.1. The molecule has 0 aliphatic carbocycles. The Labute approximate surface area is 90.8 Å². The van der Waals surface area contributed by atoms with Crippen LogP contribution in [0.1, 0.15) is 0 Å². The Bertz CT molecular complexity index is 433. The van der Waals surface area contributed by atoms with Crippen molar-refractivity contribution in [1.29, 1.82) is 0 Å². The molecule has 0 aliphatic heterocycles. The first-order valence-corrected chi connectivity index (χ1v) is 5.19. The fourth-order valence-corrected chi connectivity index (χ4v) is 1.19. The molecule has 0 radical (unpaired) electrons. The van der Waals surface area contributed by atoms with E-state index in [2.05, 4.69) is 20.3 Å². The standard InChI is InChI=1S/C5H4Cl2N4O2S/c6-3-9-4(7)11-5(10-3)8-1-2-14(12)13/h2H,1H2,(H,8,9,10,11). The van der Waals surface area contributed by atoms with Gasteiger partial charge in [-0.1, -0.05) is 0 Å². The maximum absolute atomic E-state index is 10.1. The van der Waals surface area contributed by atoms with E-state index in [0.29, 0.717) is 0 Å². The predicted molar refractivity (Wildman–Crippen MR) is 53.3 cm³/mol. The fourth-order valence-electron chi connectivity index (χ4n) is 0.606. The third-order valence-corrected chi connectivity index (χ3v) is 1.84. The van der Waals surface area contributed by atoms with Crippen molar-refractivity contribution < 1.29 is 8.42 Å². The lowest BCUT2D eigenvalue weighted by Crippen LogP contribution is -2.07. The van der Waals surface area contributed by atoms with Crippen LogP contribution < -0.4 is 5.32 Å². The van der Waals surface area contributed by atoms with Crippen molar-refractivity contribution in [3.05, 3.63) is 10.6 Å². The third-order valence-electron chi connectivity index (χ3n) is 1.06. The van der Waals surface area contributed by atoms with Crippen molar-refractivity contribution in [1.82, 2.24) is 15.0 Å². The molecule has 0 amide bonds. The van der Waals surface area contributed by atoms with Crippen molar-refractivity contribution >= 4 is 44.8 Å². The molecule has 0 bridgehead atoms. The second-order valence-electron chi connectivity index (χ2n) is 2.01. The fraction of sp³-hybridized carbons (Fsp3) is 0.200. The smallest absolute Gasteiger partial charge is 0.228 e. The normalized spacial score (nSPS) is 9.57. The van der Waals surface area contributed by atoms with Crippen molar-refractivity contribution in [2.75, 3.05) is 11.9 Å². The van der Waals surface area contributed by atoms with Gasteiger partial charge < -0.3 is 5.32 Å². The zero-order chi connectivity index (χ0) is 10.6. The Morgan fingerprint density at radius 1 is 1.21 bits per heavy atom. The zero-order valence-electron chi connectivity index (χ0n) is 6.61. The molecule has 0 saturated carbocycles. The summed E-state index contributed by atoms with van der Waals surface area (Å²) >= 11 is 10.9. The van der Waals surface area contributed by atoms with Crippen LogP contribution in [0, 0.1) is 0 Å². The van der Waals surface area contributed by atoms with Crippen LogP contribution in [0.2, 0.25) is 10.6 Å². The Balaban J connectivity index is 2.72. The average molecular weight is 255 g/mol. The van der Waals surface area contributed by atoms with Gasteiger partial charge in [-0.05, 0) is 23.2 Å². The summed E-state index contributed by atoms with van der Waals surface area (Å²) in [6.07, 6.45) is 0. The highest BCUT2D eigenvalue weighted by Crippen LogP contribution is 2.08. The van der Waals surface area contributed by atoms with Crippen LogP contribution in [0.4, 0.5) is 5.95 Å². The summed E-state index contributed by atoms with van der Waals surface area (Å²) in [6, 6.07) is 0. The molecule has 6 nitrogen and oxygen atoms in total. The summed E-state index contributed by atoms with van der Waals surface area (Å²) < 4.78 is 20.2. The van der Waals surface area contributed by atoms with Crippen LogP contribution in [0.25, 0.3) is 0 Å². The molecule has 0 aromatic carbocycles. The van der Waals surface area contributed by atoms with Crippen LogP contribution in [-0.2, 0) is 10.3 Å². The molecule has 76 valence electrons. The lowest BCUT2D eigenvalue weighted by atomic mass is 10.7. The van der Waals surface area contributed by atoms with Gasteiger partial charge in [0.1, 0.15) is 0 Å². The number of rotatable bonds is 3. The number of aromatic nitrogens is 3. The molecule has 14 heavy (non-hydrogen) atoms. The molecule has 0 saturated heterocycles. The van der Waals surface area contributed by atoms with Crippen molar-refractivity contribution in [2.45, 2.75) is 0 Å². The second-order valence-corrected chi connectivity index (χ2v) is 3.54. The molecular formula is C5H4Cl2N4O2S. The topological polar surface area (TPSA) is 84.8 Å². The van der Waals surface area contributed by atoms with E-state index in [4.69, 9.17) is 23.2 Å². The van der Waals surface area contributed by atoms with Gasteiger partial charge in [0, 0.05) is 0 Å². The van der Waals surface area contributed by atoms with Crippen molar-refractivity contribution in [3.63, 3.8) is 0 Å². The molecule has 0 atom stereocenters. The van der Waals surface area contributed by atoms with E-state index in [-0.39, 0.29) is 23.1 Å². The van der Waals surface area contributed by atoms with Crippen molar-refractivity contribution in [3.8, 4) is 0 Å². The minimum Gasteiger partial charge on any atom is -0.350 e. The van der Waals surface area contributed by atoms with Crippen LogP contribution in [0.3, 0.4) is 0 Å². The molecule has 0 spiro atoms. The van der Waals surface area contributed by atoms with Gasteiger partial charge in [-0.2, -0.15) is 23.4 Å². The highest BCUT2D eigenvalue weighted by atomic mass is 35.5. The van der Waals surface area contributed by atoms with E-state index in [1.807, 2.05) is 0 Å². The molecule has 1 heterocycles. The van der Waals surface area contributed by atoms with Gasteiger partial charge >= 0.3 is 0 Å². The zero-order valence-corrected chi connectivity index (χ0v) is 8.94. The highest BCUT2D eigenvalue weighted by Gasteiger charge is 2.00. The molecule has 1 aromatic rings. The maximum Gasteiger partial charge on any atom is 0.228 e. The first-order chi connectivity index (χ1) is 6.58. The van der Waals surface area contributed by atoms with Gasteiger partial charge in [-0.15, -0.1) is 0 Å². The van der Waals surface area contributed by atoms with E-state index in [9.17, 15) is 8.42 Å². The van der Waals surface area contributed by atoms with E-state index >= 15 is 0 Å². The largest absolute Gasteiger partial charge is 0.350 e. The lowest BCUT2D eigenvalue weighted by molar-refractivity contribution is 0.627. The van der Waals surface area contributed by atoms with Crippen LogP contribution in [0.15, 0.2) is 0 Å². The monoisotopic (exact) mass is 254 g/mol. The first-order valence-electron chi connectivity index (χ1n) is 3.30. The molecule has 9 heteroatoms. The van der Waals surface area contributed by atoms with Gasteiger partial charge in [0.2, 0.25) is 26.8 Å². The summed E-state index contributed by atoms with van der Waals surface area (Å²) in [6.45, 7) is 0.0623. The molecule has 0 unspecified atom stereocenters. The summed E-state index contributed by atoms with van der Waals surface area (Å²) in [5.74, 6) is 0.122. The third kappa shape index (κ3) is 3.86. The number of hydrogen-bond donors (Lipinski definition) is 1. The van der Waals surface area contributed by atoms with Gasteiger partial charge in [0.05, 0.1) is 11.9 Å². The minimum atomic E-state index is -2.22. The second kappa shape index (κ2) is 5.08. The average Bonchev–Trinajstić information content (AvgIpc) is 2.01. The van der Waals surface area contributed by atoms with E-state index in [1.165, 1.54) is 0 Å². The molecule has 1 aromatic heterocycles. The van der Waals surface area contributed by atoms with E-state index < -0.39 is 10.3 Å². The summed E-state index contributed by atoms with van der Waals surface area (Å²) in [7, 11) is -2.22. The molecular weight excluding hydrogens is 251 g/mol. The lowest BCUT2D eigenvalue weighted by Gasteiger charge is -1.99. The molecule has 1 N–H and O–H groups in total. The van der Waals surface area contributed by atoms with Gasteiger partial charge in [0.25, 0.3) is 0 Å². The van der Waals surface area contributed by atoms with E-state index in [0.717, 1.165) is 5.37 Å². The van der Waals surface area contributed by atoms with Gasteiger partial charge in [0.15, 0.2) is 0 Å². The first kappa shape index (κ1) is 11.2. The van der Waals surface area contributed by atoms with Gasteiger partial charge in [-0.25, -0.2) is 0 Å². The Morgan fingerprint density at radius 2 is 1.79 bits per heavy atom. The SMILES string of the molecule is O=S(=O)=CCNc1nc(Cl)nc(Cl)n1. The van der Waals surface area contributed by atoms with Crippen LogP contribution in [0.5, 0.6) is 0 Å². The van der Waals surface area contributed by atoms with Crippen LogP contribution in [-0.4, -0.2) is 35.3 Å². The number of anilines is 1. The summed E-state index contributed by atoms with van der Waals surface area (Å²) in [5, 5.41) is 3.46. The quantitative estimate of drug-likeness (QED) is 0.780. The van der Waals surface area contributed by atoms with E-state index in [1.54, 1.807) is 0 Å². The summed E-state index contributed by atoms with van der Waals surface area (Å²) in [4.78, 5) is 10.8. The molecule has 0 fully saturated rings. The Morgan fingerprint density at radius 3 is 2.29 bits per heavy atom. The Kier molecular flexibility index (Phi) is 4.05. The summed E-state index contributed by atoms with van der Waals surface area (Å²) in [5.41, 5.74) is 0. The van der Waals surface area contributed by atoms with Crippen LogP contribution >= 0.6 is 23.2 Å². The number of halogens is 2.